The van der Waals surface area contributed by atoms with Gasteiger partial charge in [0.2, 0.25) is 0 Å². The summed E-state index contributed by atoms with van der Waals surface area (Å²) in [6, 6.07) is 31.3. The number of azo groups is 1. The van der Waals surface area contributed by atoms with Gasteiger partial charge in [-0.2, -0.15) is 8.42 Å². The Morgan fingerprint density at radius 2 is 1.26 bits per heavy atom. The van der Waals surface area contributed by atoms with E-state index in [4.69, 9.17) is 0 Å². The van der Waals surface area contributed by atoms with E-state index in [9.17, 15) is 13.0 Å². The fourth-order valence-electron chi connectivity index (χ4n) is 3.84. The third kappa shape index (κ3) is 4.89. The Bertz CT molecular complexity index is 1620. The van der Waals surface area contributed by atoms with Gasteiger partial charge in [-0.05, 0) is 41.8 Å². The number of rotatable bonds is 5. The Labute approximate surface area is 219 Å². The summed E-state index contributed by atoms with van der Waals surface area (Å²) >= 11 is 0. The number of hydrogen-bond donors (Lipinski definition) is 2. The van der Waals surface area contributed by atoms with Crippen molar-refractivity contribution in [2.24, 2.45) is 10.2 Å². The van der Waals surface area contributed by atoms with Crippen LogP contribution in [0.1, 0.15) is 0 Å². The van der Waals surface area contributed by atoms with Crippen molar-refractivity contribution in [2.75, 3.05) is 5.32 Å². The molecule has 5 rings (SSSR count). The zero-order valence-electron chi connectivity index (χ0n) is 18.4. The molecule has 0 heterocycles. The standard InChI is InChI=1S/C26H19N3O3S.Na/c30-33(31,32)25-15-7-13-21-23(16-17-24(26(21)25)27-19-10-2-1-3-11-19)29-28-22-14-6-9-18-8-4-5-12-20(18)22;/h1-17,27H,(H,30,31,32);. The maximum absolute atomic E-state index is 12.2. The van der Waals surface area contributed by atoms with Gasteiger partial charge in [0.05, 0.1) is 11.4 Å². The van der Waals surface area contributed by atoms with Gasteiger partial charge in [0, 0.05) is 57.1 Å². The van der Waals surface area contributed by atoms with Crippen molar-refractivity contribution in [1.82, 2.24) is 0 Å². The molecular weight excluding hydrogens is 457 g/mol. The molecule has 163 valence electrons. The van der Waals surface area contributed by atoms with Gasteiger partial charge in [0.15, 0.2) is 0 Å². The first-order valence-corrected chi connectivity index (χ1v) is 11.7. The molecule has 1 radical (unpaired) electrons. The van der Waals surface area contributed by atoms with Crippen molar-refractivity contribution in [3.63, 3.8) is 0 Å². The van der Waals surface area contributed by atoms with E-state index < -0.39 is 10.1 Å². The molecule has 0 saturated carbocycles. The van der Waals surface area contributed by atoms with Gasteiger partial charge in [-0.25, -0.2) is 0 Å². The zero-order valence-corrected chi connectivity index (χ0v) is 21.2. The maximum Gasteiger partial charge on any atom is 0.295 e. The molecule has 0 aliphatic rings. The first kappa shape index (κ1) is 24.1. The molecule has 6 nitrogen and oxygen atoms in total. The Balaban J connectivity index is 0.00000274. The molecule has 0 bridgehead atoms. The van der Waals surface area contributed by atoms with Crippen LogP contribution in [0.5, 0.6) is 0 Å². The molecule has 8 heteroatoms. The minimum Gasteiger partial charge on any atom is -0.355 e. The molecule has 0 spiro atoms. The van der Waals surface area contributed by atoms with E-state index in [1.54, 1.807) is 24.3 Å². The van der Waals surface area contributed by atoms with Gasteiger partial charge >= 0.3 is 0 Å². The fourth-order valence-corrected chi connectivity index (χ4v) is 4.57. The molecule has 34 heavy (non-hydrogen) atoms. The molecule has 0 fully saturated rings. The molecule has 0 amide bonds. The monoisotopic (exact) mass is 476 g/mol. The van der Waals surface area contributed by atoms with E-state index in [-0.39, 0.29) is 34.5 Å². The van der Waals surface area contributed by atoms with Crippen molar-refractivity contribution in [2.45, 2.75) is 4.90 Å². The van der Waals surface area contributed by atoms with Gasteiger partial charge in [0.1, 0.15) is 4.90 Å². The summed E-state index contributed by atoms with van der Waals surface area (Å²) in [6.45, 7) is 0. The Morgan fingerprint density at radius 1 is 0.647 bits per heavy atom. The summed E-state index contributed by atoms with van der Waals surface area (Å²) in [5, 5.41) is 15.1. The molecular formula is C26H19N3NaO3S. The van der Waals surface area contributed by atoms with Gasteiger partial charge in [-0.15, -0.1) is 10.2 Å². The maximum atomic E-state index is 12.2. The van der Waals surface area contributed by atoms with Crippen LogP contribution in [0, 0.1) is 0 Å². The summed E-state index contributed by atoms with van der Waals surface area (Å²) in [5.41, 5.74) is 2.52. The van der Waals surface area contributed by atoms with Crippen molar-refractivity contribution in [3.05, 3.63) is 103 Å². The van der Waals surface area contributed by atoms with Crippen molar-refractivity contribution in [3.8, 4) is 0 Å². The molecule has 5 aromatic carbocycles. The third-order valence-corrected chi connectivity index (χ3v) is 6.24. The number of para-hydroxylation sites is 1. The smallest absolute Gasteiger partial charge is 0.295 e. The first-order valence-electron chi connectivity index (χ1n) is 10.3. The van der Waals surface area contributed by atoms with Gasteiger partial charge in [0.25, 0.3) is 10.1 Å². The summed E-state index contributed by atoms with van der Waals surface area (Å²) < 4.78 is 34.2. The van der Waals surface area contributed by atoms with Crippen LogP contribution in [-0.2, 0) is 10.1 Å². The van der Waals surface area contributed by atoms with Crippen LogP contribution in [0.3, 0.4) is 0 Å². The van der Waals surface area contributed by atoms with Crippen LogP contribution in [0.2, 0.25) is 0 Å². The molecule has 0 aromatic heterocycles. The summed E-state index contributed by atoms with van der Waals surface area (Å²) in [4.78, 5) is -0.194. The van der Waals surface area contributed by atoms with Gasteiger partial charge < -0.3 is 5.32 Å². The summed E-state index contributed by atoms with van der Waals surface area (Å²) in [5.74, 6) is 0. The van der Waals surface area contributed by atoms with Crippen LogP contribution < -0.4 is 5.32 Å². The summed E-state index contributed by atoms with van der Waals surface area (Å²) in [7, 11) is -4.47. The van der Waals surface area contributed by atoms with E-state index in [0.29, 0.717) is 27.8 Å². The molecule has 5 aromatic rings. The predicted molar refractivity (Wildman–Crippen MR) is 137 cm³/mol. The second kappa shape index (κ2) is 10.0. The SMILES string of the molecule is O=S(=O)(O)c1cccc2c(N=Nc3cccc4ccccc34)ccc(Nc3ccccc3)c12.[Na]. The average Bonchev–Trinajstić information content (AvgIpc) is 2.83. The van der Waals surface area contributed by atoms with Crippen LogP contribution in [-0.4, -0.2) is 42.5 Å². The number of nitrogens with zero attached hydrogens (tertiary/aromatic N) is 2. The quantitative estimate of drug-likeness (QED) is 0.162. The predicted octanol–water partition coefficient (Wildman–Crippen LogP) is 7.02. The van der Waals surface area contributed by atoms with E-state index in [2.05, 4.69) is 15.5 Å². The van der Waals surface area contributed by atoms with Crippen LogP contribution >= 0.6 is 0 Å². The van der Waals surface area contributed by atoms with E-state index in [1.807, 2.05) is 72.8 Å². The topological polar surface area (TPSA) is 91.1 Å². The molecule has 0 unspecified atom stereocenters. The molecule has 0 aliphatic heterocycles. The first-order chi connectivity index (χ1) is 16.0. The Kier molecular flexibility index (Phi) is 7.11. The molecule has 0 atom stereocenters. The molecule has 0 aliphatic carbocycles. The normalized spacial score (nSPS) is 11.6. The molecule has 2 N–H and O–H groups in total. The zero-order chi connectivity index (χ0) is 22.8. The van der Waals surface area contributed by atoms with Crippen LogP contribution in [0.15, 0.2) is 118 Å². The van der Waals surface area contributed by atoms with E-state index in [0.717, 1.165) is 16.5 Å². The molecule has 0 saturated heterocycles. The summed E-state index contributed by atoms with van der Waals surface area (Å²) in [6.07, 6.45) is 0. The number of nitrogens with one attached hydrogen (secondary N) is 1. The Hall–Kier alpha value is -3.07. The van der Waals surface area contributed by atoms with Crippen molar-refractivity contribution < 1.29 is 13.0 Å². The minimum absolute atomic E-state index is 0. The number of fused-ring (bicyclic) bond motifs is 2. The Morgan fingerprint density at radius 3 is 2.03 bits per heavy atom. The third-order valence-electron chi connectivity index (χ3n) is 5.34. The van der Waals surface area contributed by atoms with Crippen molar-refractivity contribution >= 4 is 84.0 Å². The minimum atomic E-state index is -4.47. The number of hydrogen-bond acceptors (Lipinski definition) is 5. The van der Waals surface area contributed by atoms with Crippen LogP contribution in [0.25, 0.3) is 21.5 Å². The average molecular weight is 477 g/mol. The van der Waals surface area contributed by atoms with E-state index >= 15 is 0 Å². The number of benzene rings is 5. The largest absolute Gasteiger partial charge is 0.355 e. The number of anilines is 2. The van der Waals surface area contributed by atoms with Gasteiger partial charge in [-0.1, -0.05) is 66.7 Å². The fraction of sp³-hybridized carbons (Fsp3) is 0. The van der Waals surface area contributed by atoms with E-state index in [1.165, 1.54) is 6.07 Å². The van der Waals surface area contributed by atoms with Gasteiger partial charge in [-0.3, -0.25) is 4.55 Å². The second-order valence-corrected chi connectivity index (χ2v) is 8.87. The van der Waals surface area contributed by atoms with Crippen molar-refractivity contribution in [1.29, 1.82) is 0 Å². The van der Waals surface area contributed by atoms with Crippen LogP contribution in [0.4, 0.5) is 22.7 Å². The second-order valence-electron chi connectivity index (χ2n) is 7.48.